The molecule has 1 aliphatic heterocycles. The lowest BCUT2D eigenvalue weighted by Gasteiger charge is -2.24. The Morgan fingerprint density at radius 3 is 2.73 bits per heavy atom. The number of rotatable bonds is 5. The Morgan fingerprint density at radius 1 is 1.12 bits per heavy atom. The number of benzene rings is 2. The Labute approximate surface area is 153 Å². The molecule has 0 atom stereocenters. The molecule has 0 spiro atoms. The fourth-order valence-corrected chi connectivity index (χ4v) is 3.21. The number of nitrogens with one attached hydrogen (secondary N) is 1. The van der Waals surface area contributed by atoms with Crippen LogP contribution in [0.25, 0.3) is 11.5 Å². The number of aryl methyl sites for hydroxylation is 1. The van der Waals surface area contributed by atoms with Crippen molar-refractivity contribution in [3.05, 3.63) is 65.5 Å². The molecule has 134 valence electrons. The van der Waals surface area contributed by atoms with Gasteiger partial charge in [-0.15, -0.1) is 0 Å². The van der Waals surface area contributed by atoms with Crippen molar-refractivity contribution in [3.8, 4) is 17.2 Å². The van der Waals surface area contributed by atoms with Gasteiger partial charge in [-0.3, -0.25) is 0 Å². The van der Waals surface area contributed by atoms with Crippen LogP contribution in [0.1, 0.15) is 29.8 Å². The standard InChI is InChI=1S/C21H23N3O2/c1-15-7-8-18(19(13-15)25-17-9-11-22-12-10-17)21-23-20(24-26-21)14-16-5-3-2-4-6-16/h2-8,13,17,22H,9-12,14H2,1H3. The van der Waals surface area contributed by atoms with Crippen LogP contribution in [-0.4, -0.2) is 29.3 Å². The molecule has 2 aromatic carbocycles. The van der Waals surface area contributed by atoms with Gasteiger partial charge in [0.25, 0.3) is 5.89 Å². The van der Waals surface area contributed by atoms with Crippen LogP contribution in [0.2, 0.25) is 0 Å². The van der Waals surface area contributed by atoms with Crippen LogP contribution in [0, 0.1) is 6.92 Å². The zero-order valence-corrected chi connectivity index (χ0v) is 14.9. The SMILES string of the molecule is Cc1ccc(-c2nc(Cc3ccccc3)no2)c(OC2CCNCC2)c1. The lowest BCUT2D eigenvalue weighted by Crippen LogP contribution is -2.34. The lowest BCUT2D eigenvalue weighted by molar-refractivity contribution is 0.163. The van der Waals surface area contributed by atoms with Crippen LogP contribution in [0.5, 0.6) is 5.75 Å². The van der Waals surface area contributed by atoms with Gasteiger partial charge in [0.15, 0.2) is 5.82 Å². The molecule has 0 saturated carbocycles. The van der Waals surface area contributed by atoms with Crippen molar-refractivity contribution in [2.45, 2.75) is 32.3 Å². The fraction of sp³-hybridized carbons (Fsp3) is 0.333. The van der Waals surface area contributed by atoms with Gasteiger partial charge in [0.05, 0.1) is 5.56 Å². The zero-order chi connectivity index (χ0) is 17.8. The van der Waals surface area contributed by atoms with E-state index in [1.807, 2.05) is 30.3 Å². The van der Waals surface area contributed by atoms with Gasteiger partial charge in [-0.2, -0.15) is 4.98 Å². The van der Waals surface area contributed by atoms with Gasteiger partial charge >= 0.3 is 0 Å². The zero-order valence-electron chi connectivity index (χ0n) is 14.9. The van der Waals surface area contributed by atoms with Crippen LogP contribution < -0.4 is 10.1 Å². The summed E-state index contributed by atoms with van der Waals surface area (Å²) in [7, 11) is 0. The minimum absolute atomic E-state index is 0.225. The average molecular weight is 349 g/mol. The van der Waals surface area contributed by atoms with Gasteiger partial charge in [-0.05, 0) is 56.1 Å². The van der Waals surface area contributed by atoms with Gasteiger partial charge in [-0.1, -0.05) is 41.6 Å². The molecule has 1 N–H and O–H groups in total. The molecule has 1 saturated heterocycles. The molecule has 5 heteroatoms. The normalized spacial score (nSPS) is 15.1. The summed E-state index contributed by atoms with van der Waals surface area (Å²) in [5, 5.41) is 7.51. The minimum atomic E-state index is 0.225. The molecule has 0 amide bonds. The predicted molar refractivity (Wildman–Crippen MR) is 100 cm³/mol. The average Bonchev–Trinajstić information content (AvgIpc) is 3.12. The maximum Gasteiger partial charge on any atom is 0.261 e. The monoisotopic (exact) mass is 349 g/mol. The molecule has 4 rings (SSSR count). The summed E-state index contributed by atoms with van der Waals surface area (Å²) < 4.78 is 11.8. The molecule has 1 fully saturated rings. The van der Waals surface area contributed by atoms with Crippen molar-refractivity contribution >= 4 is 0 Å². The maximum atomic E-state index is 6.28. The van der Waals surface area contributed by atoms with Crippen molar-refractivity contribution in [2.24, 2.45) is 0 Å². The number of nitrogens with zero attached hydrogens (tertiary/aromatic N) is 2. The van der Waals surface area contributed by atoms with E-state index in [1.165, 1.54) is 0 Å². The summed E-state index contributed by atoms with van der Waals surface area (Å²) in [6, 6.07) is 16.3. The van der Waals surface area contributed by atoms with Crippen LogP contribution in [0.4, 0.5) is 0 Å². The fourth-order valence-electron chi connectivity index (χ4n) is 3.21. The minimum Gasteiger partial charge on any atom is -0.489 e. The molecular weight excluding hydrogens is 326 g/mol. The van der Waals surface area contributed by atoms with Gasteiger partial charge in [0.2, 0.25) is 0 Å². The van der Waals surface area contributed by atoms with E-state index in [2.05, 4.69) is 40.6 Å². The van der Waals surface area contributed by atoms with Crippen molar-refractivity contribution in [2.75, 3.05) is 13.1 Å². The summed E-state index contributed by atoms with van der Waals surface area (Å²) >= 11 is 0. The van der Waals surface area contributed by atoms with Gasteiger partial charge < -0.3 is 14.6 Å². The largest absolute Gasteiger partial charge is 0.489 e. The number of aromatic nitrogens is 2. The first kappa shape index (κ1) is 16.8. The van der Waals surface area contributed by atoms with Crippen molar-refractivity contribution in [1.82, 2.24) is 15.5 Å². The number of hydrogen-bond acceptors (Lipinski definition) is 5. The quantitative estimate of drug-likeness (QED) is 0.760. The molecule has 1 aromatic heterocycles. The second-order valence-corrected chi connectivity index (χ2v) is 6.74. The molecule has 0 bridgehead atoms. The van der Waals surface area contributed by atoms with E-state index >= 15 is 0 Å². The van der Waals surface area contributed by atoms with Crippen LogP contribution in [-0.2, 0) is 6.42 Å². The third kappa shape index (κ3) is 3.94. The van der Waals surface area contributed by atoms with Crippen LogP contribution >= 0.6 is 0 Å². The van der Waals surface area contributed by atoms with E-state index in [-0.39, 0.29) is 6.10 Å². The summed E-state index contributed by atoms with van der Waals surface area (Å²) in [5.41, 5.74) is 3.18. The first-order valence-electron chi connectivity index (χ1n) is 9.13. The summed E-state index contributed by atoms with van der Waals surface area (Å²) in [4.78, 5) is 4.59. The third-order valence-electron chi connectivity index (χ3n) is 4.62. The Morgan fingerprint density at radius 2 is 1.92 bits per heavy atom. The number of hydrogen-bond donors (Lipinski definition) is 1. The highest BCUT2D eigenvalue weighted by Crippen LogP contribution is 2.31. The van der Waals surface area contributed by atoms with E-state index in [4.69, 9.17) is 9.26 Å². The molecule has 26 heavy (non-hydrogen) atoms. The summed E-state index contributed by atoms with van der Waals surface area (Å²) in [5.74, 6) is 2.02. The first-order valence-corrected chi connectivity index (χ1v) is 9.13. The van der Waals surface area contributed by atoms with E-state index in [0.29, 0.717) is 18.1 Å². The Balaban J connectivity index is 1.57. The van der Waals surface area contributed by atoms with Crippen molar-refractivity contribution < 1.29 is 9.26 Å². The molecule has 0 aliphatic carbocycles. The predicted octanol–water partition coefficient (Wildman–Crippen LogP) is 3.77. The second-order valence-electron chi connectivity index (χ2n) is 6.74. The Hall–Kier alpha value is -2.66. The molecule has 3 aromatic rings. The van der Waals surface area contributed by atoms with Crippen molar-refractivity contribution in [1.29, 1.82) is 0 Å². The highest BCUT2D eigenvalue weighted by Gasteiger charge is 2.19. The van der Waals surface area contributed by atoms with E-state index in [1.54, 1.807) is 0 Å². The van der Waals surface area contributed by atoms with E-state index < -0.39 is 0 Å². The van der Waals surface area contributed by atoms with Gasteiger partial charge in [0.1, 0.15) is 11.9 Å². The number of ether oxygens (including phenoxy) is 1. The molecular formula is C21H23N3O2. The van der Waals surface area contributed by atoms with E-state index in [0.717, 1.165) is 48.4 Å². The maximum absolute atomic E-state index is 6.28. The summed E-state index contributed by atoms with van der Waals surface area (Å²) in [6.07, 6.45) is 2.90. The highest BCUT2D eigenvalue weighted by atomic mass is 16.5. The van der Waals surface area contributed by atoms with Crippen LogP contribution in [0.15, 0.2) is 53.1 Å². The molecule has 0 radical (unpaired) electrons. The topological polar surface area (TPSA) is 60.2 Å². The molecule has 2 heterocycles. The van der Waals surface area contributed by atoms with Crippen LogP contribution in [0.3, 0.4) is 0 Å². The van der Waals surface area contributed by atoms with Gasteiger partial charge in [0, 0.05) is 6.42 Å². The Bertz CT molecular complexity index is 855. The highest BCUT2D eigenvalue weighted by molar-refractivity contribution is 5.63. The molecule has 0 unspecified atom stereocenters. The second kappa shape index (κ2) is 7.70. The molecule has 1 aliphatic rings. The third-order valence-corrected chi connectivity index (χ3v) is 4.62. The smallest absolute Gasteiger partial charge is 0.261 e. The first-order chi connectivity index (χ1) is 12.8. The molecule has 5 nitrogen and oxygen atoms in total. The number of piperidine rings is 1. The Kier molecular flexibility index (Phi) is 4.97. The van der Waals surface area contributed by atoms with E-state index in [9.17, 15) is 0 Å². The lowest BCUT2D eigenvalue weighted by atomic mass is 10.1. The summed E-state index contributed by atoms with van der Waals surface area (Å²) in [6.45, 7) is 4.05. The van der Waals surface area contributed by atoms with Gasteiger partial charge in [-0.25, -0.2) is 0 Å². The van der Waals surface area contributed by atoms with Crippen molar-refractivity contribution in [3.63, 3.8) is 0 Å².